The molecule has 3 heteroatoms. The van der Waals surface area contributed by atoms with Gasteiger partial charge in [0, 0.05) is 6.54 Å². The molecule has 0 saturated carbocycles. The molecule has 0 aliphatic heterocycles. The molecule has 0 heterocycles. The van der Waals surface area contributed by atoms with Gasteiger partial charge in [0.25, 0.3) is 0 Å². The summed E-state index contributed by atoms with van der Waals surface area (Å²) >= 11 is 0. The van der Waals surface area contributed by atoms with Crippen molar-refractivity contribution in [2.45, 2.75) is 20.0 Å². The summed E-state index contributed by atoms with van der Waals surface area (Å²) in [5, 5.41) is 11.2. The van der Waals surface area contributed by atoms with Gasteiger partial charge in [0.15, 0.2) is 0 Å². The second-order valence-electron chi connectivity index (χ2n) is 2.09. The molecule has 10 heavy (non-hydrogen) atoms. The van der Waals surface area contributed by atoms with E-state index in [4.69, 9.17) is 5.11 Å². The van der Waals surface area contributed by atoms with Crippen LogP contribution in [-0.4, -0.2) is 23.7 Å². The van der Waals surface area contributed by atoms with Crippen LogP contribution >= 0.6 is 0 Å². The Bertz CT molecular complexity index is 130. The number of hydrogen-bond donors (Lipinski definition) is 2. The van der Waals surface area contributed by atoms with E-state index in [9.17, 15) is 4.79 Å². The van der Waals surface area contributed by atoms with Crippen molar-refractivity contribution in [1.82, 2.24) is 5.32 Å². The van der Waals surface area contributed by atoms with Crippen molar-refractivity contribution in [3.05, 3.63) is 12.2 Å². The second kappa shape index (κ2) is 4.99. The molecule has 3 nitrogen and oxygen atoms in total. The second-order valence-corrected chi connectivity index (χ2v) is 2.09. The van der Waals surface area contributed by atoms with Gasteiger partial charge in [-0.25, -0.2) is 0 Å². The zero-order chi connectivity index (χ0) is 7.98. The molecule has 0 saturated heterocycles. The van der Waals surface area contributed by atoms with E-state index in [0.29, 0.717) is 6.54 Å². The minimum atomic E-state index is -0.478. The van der Waals surface area contributed by atoms with Gasteiger partial charge in [-0.3, -0.25) is 4.79 Å². The minimum absolute atomic E-state index is 0.164. The molecule has 0 aliphatic carbocycles. The highest BCUT2D eigenvalue weighted by molar-refractivity contribution is 5.87. The first-order valence-corrected chi connectivity index (χ1v) is 3.25. The van der Waals surface area contributed by atoms with Gasteiger partial charge >= 0.3 is 0 Å². The van der Waals surface area contributed by atoms with Crippen molar-refractivity contribution < 1.29 is 9.90 Å². The zero-order valence-electron chi connectivity index (χ0n) is 6.29. The van der Waals surface area contributed by atoms with Crippen LogP contribution in [0.4, 0.5) is 0 Å². The molecule has 1 atom stereocenters. The fraction of sp³-hybridized carbons (Fsp3) is 0.571. The first kappa shape index (κ1) is 9.17. The van der Waals surface area contributed by atoms with E-state index in [2.05, 4.69) is 5.32 Å². The summed E-state index contributed by atoms with van der Waals surface area (Å²) in [6.07, 6.45) is 2.59. The Morgan fingerprint density at radius 2 is 2.40 bits per heavy atom. The van der Waals surface area contributed by atoms with Crippen molar-refractivity contribution in [2.75, 3.05) is 6.54 Å². The van der Waals surface area contributed by atoms with Gasteiger partial charge in [-0.1, -0.05) is 6.08 Å². The Balaban J connectivity index is 3.40. The molecule has 58 valence electrons. The van der Waals surface area contributed by atoms with E-state index in [1.807, 2.05) is 0 Å². The highest BCUT2D eigenvalue weighted by Crippen LogP contribution is 1.76. The Morgan fingerprint density at radius 3 is 2.80 bits per heavy atom. The summed E-state index contributed by atoms with van der Waals surface area (Å²) in [5.74, 6) is -0.164. The molecule has 0 fully saturated rings. The largest absolute Gasteiger partial charge is 0.392 e. The van der Waals surface area contributed by atoms with Gasteiger partial charge in [0.2, 0.25) is 5.91 Å². The summed E-state index contributed by atoms with van der Waals surface area (Å²) in [5.41, 5.74) is 0. The van der Waals surface area contributed by atoms with Crippen LogP contribution in [0, 0.1) is 0 Å². The smallest absolute Gasteiger partial charge is 0.243 e. The van der Waals surface area contributed by atoms with Gasteiger partial charge in [-0.15, -0.1) is 0 Å². The molecule has 0 aliphatic rings. The molecule has 0 aromatic carbocycles. The summed E-state index contributed by atoms with van der Waals surface area (Å²) in [7, 11) is 0. The van der Waals surface area contributed by atoms with E-state index in [0.717, 1.165) is 0 Å². The van der Waals surface area contributed by atoms with Gasteiger partial charge < -0.3 is 10.4 Å². The molecular formula is C7H13NO2. The van der Waals surface area contributed by atoms with Crippen LogP contribution in [0.15, 0.2) is 12.2 Å². The van der Waals surface area contributed by atoms with Gasteiger partial charge in [0.05, 0.1) is 6.10 Å². The number of nitrogens with one attached hydrogen (secondary N) is 1. The maximum atomic E-state index is 10.6. The fourth-order valence-corrected chi connectivity index (χ4v) is 0.459. The monoisotopic (exact) mass is 143 g/mol. The van der Waals surface area contributed by atoms with Gasteiger partial charge in [-0.2, -0.15) is 0 Å². The molecule has 0 rings (SSSR count). The number of allylic oxidation sites excluding steroid dienone is 1. The van der Waals surface area contributed by atoms with E-state index in [1.165, 1.54) is 6.08 Å². The molecule has 1 amide bonds. The van der Waals surface area contributed by atoms with Crippen molar-refractivity contribution in [2.24, 2.45) is 0 Å². The topological polar surface area (TPSA) is 49.3 Å². The molecule has 2 N–H and O–H groups in total. The predicted octanol–water partition coefficient (Wildman–Crippen LogP) is 0.0595. The average Bonchev–Trinajstić information content (AvgIpc) is 1.85. The lowest BCUT2D eigenvalue weighted by atomic mass is 10.4. The van der Waals surface area contributed by atoms with E-state index in [1.54, 1.807) is 19.9 Å². The Morgan fingerprint density at radius 1 is 1.80 bits per heavy atom. The average molecular weight is 143 g/mol. The van der Waals surface area contributed by atoms with Gasteiger partial charge in [-0.05, 0) is 19.9 Å². The summed E-state index contributed by atoms with van der Waals surface area (Å²) < 4.78 is 0. The van der Waals surface area contributed by atoms with Crippen LogP contribution in [0.2, 0.25) is 0 Å². The third-order valence-electron chi connectivity index (χ3n) is 0.890. The summed E-state index contributed by atoms with van der Waals surface area (Å²) in [4.78, 5) is 10.6. The maximum absolute atomic E-state index is 10.6. The number of carbonyl (C=O) groups is 1. The number of amides is 1. The highest BCUT2D eigenvalue weighted by atomic mass is 16.3. The molecule has 0 bridgehead atoms. The molecule has 0 unspecified atom stereocenters. The standard InChI is InChI=1S/C7H13NO2/c1-3-4-7(10)8-5-6(2)9/h3-4,6,9H,5H2,1-2H3,(H,8,10)/b4-3+/t6-/m0/s1. The SMILES string of the molecule is C/C=C/C(=O)NC[C@H](C)O. The lowest BCUT2D eigenvalue weighted by Gasteiger charge is -2.02. The molecule has 0 spiro atoms. The van der Waals surface area contributed by atoms with Crippen LogP contribution in [0.5, 0.6) is 0 Å². The summed E-state index contributed by atoms with van der Waals surface area (Å²) in [6, 6.07) is 0. The number of hydrogen-bond acceptors (Lipinski definition) is 2. The fourth-order valence-electron chi connectivity index (χ4n) is 0.459. The predicted molar refractivity (Wildman–Crippen MR) is 39.5 cm³/mol. The lowest BCUT2D eigenvalue weighted by Crippen LogP contribution is -2.28. The first-order valence-electron chi connectivity index (χ1n) is 3.25. The van der Waals surface area contributed by atoms with E-state index >= 15 is 0 Å². The van der Waals surface area contributed by atoms with Crippen LogP contribution < -0.4 is 5.32 Å². The zero-order valence-corrected chi connectivity index (χ0v) is 6.29. The van der Waals surface area contributed by atoms with Crippen molar-refractivity contribution in [3.8, 4) is 0 Å². The Hall–Kier alpha value is -0.830. The van der Waals surface area contributed by atoms with Crippen LogP contribution in [0.1, 0.15) is 13.8 Å². The highest BCUT2D eigenvalue weighted by Gasteiger charge is 1.96. The Labute approximate surface area is 60.7 Å². The maximum Gasteiger partial charge on any atom is 0.243 e. The van der Waals surface area contributed by atoms with E-state index < -0.39 is 6.10 Å². The third-order valence-corrected chi connectivity index (χ3v) is 0.890. The number of carbonyl (C=O) groups excluding carboxylic acids is 1. The normalized spacial score (nSPS) is 13.5. The quantitative estimate of drug-likeness (QED) is 0.549. The van der Waals surface area contributed by atoms with Crippen molar-refractivity contribution in [3.63, 3.8) is 0 Å². The molecule has 0 aromatic heterocycles. The van der Waals surface area contributed by atoms with Crippen LogP contribution in [0.3, 0.4) is 0 Å². The Kier molecular flexibility index (Phi) is 4.58. The van der Waals surface area contributed by atoms with Crippen LogP contribution in [-0.2, 0) is 4.79 Å². The number of aliphatic hydroxyl groups is 1. The molecular weight excluding hydrogens is 130 g/mol. The van der Waals surface area contributed by atoms with Crippen molar-refractivity contribution in [1.29, 1.82) is 0 Å². The number of aliphatic hydroxyl groups excluding tert-OH is 1. The lowest BCUT2D eigenvalue weighted by molar-refractivity contribution is -0.116. The van der Waals surface area contributed by atoms with E-state index in [-0.39, 0.29) is 5.91 Å². The van der Waals surface area contributed by atoms with Crippen LogP contribution in [0.25, 0.3) is 0 Å². The van der Waals surface area contributed by atoms with Gasteiger partial charge in [0.1, 0.15) is 0 Å². The third kappa shape index (κ3) is 5.31. The number of rotatable bonds is 3. The molecule has 0 aromatic rings. The first-order chi connectivity index (χ1) is 4.66. The minimum Gasteiger partial charge on any atom is -0.392 e. The van der Waals surface area contributed by atoms with Crippen molar-refractivity contribution >= 4 is 5.91 Å². The summed E-state index contributed by atoms with van der Waals surface area (Å²) in [6.45, 7) is 3.70. The molecule has 0 radical (unpaired) electrons.